The van der Waals surface area contributed by atoms with Crippen molar-refractivity contribution >= 4 is 57.1 Å². The minimum Gasteiger partial charge on any atom is -0.256 e. The van der Waals surface area contributed by atoms with Gasteiger partial charge in [0.2, 0.25) is 0 Å². The third-order valence-corrected chi connectivity index (χ3v) is 23.1. The van der Waals surface area contributed by atoms with Gasteiger partial charge in [0.15, 0.2) is 45.5 Å². The predicted octanol–water partition coefficient (Wildman–Crippen LogP) is 24.8. The number of rotatable bonds is 13. The van der Waals surface area contributed by atoms with Gasteiger partial charge >= 0.3 is 6.18 Å². The van der Waals surface area contributed by atoms with Crippen LogP contribution in [0.2, 0.25) is 10.0 Å². The molecule has 1 saturated carbocycles. The van der Waals surface area contributed by atoms with Crippen molar-refractivity contribution in [2.75, 3.05) is 0 Å². The number of hydrogen-bond donors (Lipinski definition) is 0. The first kappa shape index (κ1) is 89.9. The number of halogens is 9. The summed E-state index contributed by atoms with van der Waals surface area (Å²) < 4.78 is 103. The molecule has 0 spiro atoms. The lowest BCUT2D eigenvalue weighted by Crippen LogP contribution is -2.04. The Bertz CT molecular complexity index is 8490. The zero-order chi connectivity index (χ0) is 95.7. The average Bonchev–Trinajstić information content (AvgIpc) is 1.60. The van der Waals surface area contributed by atoms with Gasteiger partial charge in [-0.3, -0.25) is 29.9 Å². The molecule has 0 bridgehead atoms. The summed E-state index contributed by atoms with van der Waals surface area (Å²) in [6, 6.07) is 80.6. The second kappa shape index (κ2) is 39.9. The van der Waals surface area contributed by atoms with Crippen molar-refractivity contribution in [1.29, 1.82) is 0 Å². The molecule has 6 aromatic carbocycles. The largest absolute Gasteiger partial charge is 0.416 e. The molecular weight excluding hydrogens is 1830 g/mol. The average molecular weight is 1900 g/mol. The number of benzene rings is 6. The molecule has 1 aliphatic rings. The van der Waals surface area contributed by atoms with Crippen molar-refractivity contribution in [1.82, 2.24) is 117 Å². The van der Waals surface area contributed by atoms with E-state index < -0.39 is 35.0 Å². The molecule has 140 heavy (non-hydrogen) atoms. The van der Waals surface area contributed by atoms with Gasteiger partial charge in [-0.25, -0.2) is 74.6 Å². The van der Waals surface area contributed by atoms with Gasteiger partial charge in [0, 0.05) is 189 Å². The molecule has 0 unspecified atom stereocenters. The van der Waals surface area contributed by atoms with Crippen molar-refractivity contribution in [3.05, 3.63) is 435 Å². The van der Waals surface area contributed by atoms with Crippen molar-refractivity contribution in [2.45, 2.75) is 31.9 Å². The zero-order valence-electron chi connectivity index (χ0n) is 73.5. The van der Waals surface area contributed by atoms with Crippen molar-refractivity contribution < 1.29 is 30.7 Å². The first-order valence-corrected chi connectivity index (χ1v) is 44.4. The van der Waals surface area contributed by atoms with Gasteiger partial charge in [0.1, 0.15) is 11.6 Å². The quantitative estimate of drug-likeness (QED) is 0.0767. The summed E-state index contributed by atoms with van der Waals surface area (Å²) in [5.41, 5.74) is 24.4. The molecule has 33 heteroatoms. The molecule has 18 heterocycles. The summed E-state index contributed by atoms with van der Waals surface area (Å²) in [6.45, 7) is 2.09. The van der Waals surface area contributed by atoms with Crippen LogP contribution in [-0.4, -0.2) is 117 Å². The van der Waals surface area contributed by atoms with Crippen molar-refractivity contribution in [3.8, 4) is 135 Å². The van der Waals surface area contributed by atoms with Gasteiger partial charge in [-0.15, -0.1) is 0 Å². The maximum atomic E-state index is 14.1. The lowest BCUT2D eigenvalue weighted by atomic mass is 10.00. The van der Waals surface area contributed by atoms with E-state index in [4.69, 9.17) is 28.2 Å². The lowest BCUT2D eigenvalue weighted by Gasteiger charge is -2.11. The van der Waals surface area contributed by atoms with Crippen LogP contribution in [0, 0.1) is 30.2 Å². The monoisotopic (exact) mass is 1890 g/mol. The number of alkyl halides is 3. The molecule has 1 aliphatic carbocycles. The molecule has 0 N–H and O–H groups in total. The van der Waals surface area contributed by atoms with Gasteiger partial charge < -0.3 is 0 Å². The molecule has 24 aromatic rings. The summed E-state index contributed by atoms with van der Waals surface area (Å²) in [5.74, 6) is -2.99. The van der Waals surface area contributed by atoms with E-state index in [-0.39, 0.29) is 16.3 Å². The topological polar surface area (TPSA) is 258 Å². The van der Waals surface area contributed by atoms with Crippen LogP contribution in [0.1, 0.15) is 35.4 Å². The molecule has 0 radical (unpaired) electrons. The minimum absolute atomic E-state index is 0.0679. The number of fused-ring (bicyclic) bond motifs is 6. The molecule has 25 rings (SSSR count). The highest BCUT2D eigenvalue weighted by molar-refractivity contribution is 6.31. The lowest BCUT2D eigenvalue weighted by molar-refractivity contribution is -0.137. The van der Waals surface area contributed by atoms with Crippen LogP contribution in [-0.2, 0) is 6.18 Å². The maximum Gasteiger partial charge on any atom is 0.416 e. The fourth-order valence-corrected chi connectivity index (χ4v) is 16.2. The first-order valence-electron chi connectivity index (χ1n) is 43.6. The van der Waals surface area contributed by atoms with Crippen molar-refractivity contribution in [3.63, 3.8) is 0 Å². The molecule has 24 nitrogen and oxygen atoms in total. The van der Waals surface area contributed by atoms with Crippen LogP contribution in [0.3, 0.4) is 0 Å². The van der Waals surface area contributed by atoms with E-state index in [9.17, 15) is 30.7 Å². The van der Waals surface area contributed by atoms with Crippen LogP contribution < -0.4 is 0 Å². The van der Waals surface area contributed by atoms with Gasteiger partial charge in [-0.05, 0) is 201 Å². The SMILES string of the molecule is Cc1cccc(-c2ncccc2-c2ccn3nccc3n2)c1.Clc1cccc(-c2ncccc2-c2ccn3nccc3n2)c1.FC(F)(F)c1cccc(-c2ncccc2-c2ccn3nccc3n2)c1.Fc1cc(F)c(-c2ncccc2-c2ccn3nccc3n2)cc1F.Fc1ccc(-c2ncccc2-c2ccn3nccc3n2)cc1Cl.c1cc(-c2ncccc2-c2ccn3nccc3n2)cc(C2CC2)c1. The van der Waals surface area contributed by atoms with E-state index in [1.165, 1.54) is 42.3 Å². The highest BCUT2D eigenvalue weighted by Crippen LogP contribution is 2.43. The molecule has 682 valence electrons. The first-order chi connectivity index (χ1) is 68.4. The summed E-state index contributed by atoms with van der Waals surface area (Å²) in [6.07, 6.45) is 29.5. The van der Waals surface area contributed by atoms with E-state index in [0.717, 1.165) is 131 Å². The summed E-state index contributed by atoms with van der Waals surface area (Å²) in [5, 5.41) is 25.6. The van der Waals surface area contributed by atoms with E-state index in [2.05, 4.69) is 153 Å². The van der Waals surface area contributed by atoms with Crippen LogP contribution in [0.4, 0.5) is 30.7 Å². The Hall–Kier alpha value is -18.0. The predicted molar refractivity (Wildman–Crippen MR) is 521 cm³/mol. The van der Waals surface area contributed by atoms with Gasteiger partial charge in [-0.1, -0.05) is 89.4 Å². The minimum atomic E-state index is -4.40. The normalized spacial score (nSPS) is 11.7. The molecule has 0 amide bonds. The third-order valence-electron chi connectivity index (χ3n) is 22.6. The molecule has 0 atom stereocenters. The molecular formula is C107H71Cl2F7N24. The Balaban J connectivity index is 0.000000103. The van der Waals surface area contributed by atoms with Crippen LogP contribution in [0.5, 0.6) is 0 Å². The van der Waals surface area contributed by atoms with E-state index >= 15 is 0 Å². The summed E-state index contributed by atoms with van der Waals surface area (Å²) in [4.78, 5) is 54.1. The Labute approximate surface area is 801 Å². The van der Waals surface area contributed by atoms with Crippen LogP contribution in [0.25, 0.3) is 169 Å². The fourth-order valence-electron chi connectivity index (χ4n) is 15.8. The number of hydrogen-bond acceptors (Lipinski definition) is 18. The second-order valence-corrected chi connectivity index (χ2v) is 32.7. The molecule has 18 aromatic heterocycles. The summed E-state index contributed by atoms with van der Waals surface area (Å²) >= 11 is 12.0. The Kier molecular flexibility index (Phi) is 25.6. The van der Waals surface area contributed by atoms with Crippen molar-refractivity contribution in [2.24, 2.45) is 0 Å². The zero-order valence-corrected chi connectivity index (χ0v) is 75.0. The van der Waals surface area contributed by atoms with E-state index in [0.29, 0.717) is 61.8 Å². The smallest absolute Gasteiger partial charge is 0.256 e. The number of aryl methyl sites for hydroxylation is 1. The Morgan fingerprint density at radius 3 is 0.929 bits per heavy atom. The summed E-state index contributed by atoms with van der Waals surface area (Å²) in [7, 11) is 0. The standard InChI is InChI=1S/C20H16N4.C18H11F3N4.C18H14N4.C17H10ClFN4.C17H11ClN4.C17H9F3N4/c1-3-15(14-6-7-14)13-16(4-1)20-17(5-2-10-21-20)18-9-12-24-19(23-18)8-11-22-24;19-18(20,21)13-4-1-3-12(11-13)17-14(5-2-8-22-17)15-7-10-25-16(24-15)6-9-23-25;1-13-4-2-5-14(12-13)18-15(6-3-9-19-18)16-8-11-22-17(21-16)7-10-20-22;18-13-10-11(3-4-14(13)19)17-12(2-1-7-20-17)15-6-9-23-16(22-15)5-8-21-23;18-13-4-1-3-12(11-13)17-14(5-2-8-19-17)15-7-10-22-16(21-15)6-9-20-22;18-12-9-14(20)13(19)8-11(12)17-10(2-1-5-21-17)15-4-7-24-16(23-15)3-6-22-24/h1-5,8-14H,6-7H2;1-11H;2-12H,1H3;1-10H;1-11H;1-9H. The number of pyridine rings is 6. The number of aromatic nitrogens is 24. The maximum absolute atomic E-state index is 14.1. The Morgan fingerprint density at radius 1 is 0.264 bits per heavy atom. The molecule has 0 saturated heterocycles. The van der Waals surface area contributed by atoms with Gasteiger partial charge in [0.05, 0.1) is 116 Å². The van der Waals surface area contributed by atoms with E-state index in [1.54, 1.807) is 162 Å². The Morgan fingerprint density at radius 2 is 0.579 bits per heavy atom. The van der Waals surface area contributed by atoms with Gasteiger partial charge in [0.25, 0.3) is 0 Å². The fraction of sp³-hybridized carbons (Fsp3) is 0.0467. The van der Waals surface area contributed by atoms with Gasteiger partial charge in [-0.2, -0.15) is 43.8 Å². The second-order valence-electron chi connectivity index (χ2n) is 31.8. The highest BCUT2D eigenvalue weighted by atomic mass is 35.5. The van der Waals surface area contributed by atoms with Crippen LogP contribution in [0.15, 0.2) is 385 Å². The van der Waals surface area contributed by atoms with E-state index in [1.807, 2.05) is 146 Å². The van der Waals surface area contributed by atoms with Crippen LogP contribution >= 0.6 is 23.2 Å². The third kappa shape index (κ3) is 19.9. The molecule has 1 fully saturated rings. The molecule has 0 aliphatic heterocycles. The highest BCUT2D eigenvalue weighted by Gasteiger charge is 2.31. The number of nitrogens with zero attached hydrogens (tertiary/aromatic N) is 24.